The summed E-state index contributed by atoms with van der Waals surface area (Å²) in [6, 6.07) is 10.6. The number of rotatable bonds is 2. The Morgan fingerprint density at radius 2 is 1.81 bits per heavy atom. The van der Waals surface area contributed by atoms with Crippen molar-refractivity contribution in [2.75, 3.05) is 11.5 Å². The normalized spacial score (nSPS) is 10.8. The Balaban J connectivity index is 2.28. The Bertz CT molecular complexity index is 507. The molecule has 0 aliphatic rings. The van der Waals surface area contributed by atoms with Crippen LogP contribution in [0.1, 0.15) is 0 Å². The van der Waals surface area contributed by atoms with Gasteiger partial charge in [0.1, 0.15) is 5.69 Å². The number of para-hydroxylation sites is 1. The summed E-state index contributed by atoms with van der Waals surface area (Å²) < 4.78 is 0. The predicted octanol–water partition coefficient (Wildman–Crippen LogP) is 2.66. The van der Waals surface area contributed by atoms with Crippen molar-refractivity contribution >= 4 is 22.9 Å². The Morgan fingerprint density at radius 1 is 0.938 bits per heavy atom. The Kier molecular flexibility index (Phi) is 2.77. The van der Waals surface area contributed by atoms with Crippen LogP contribution in [0.4, 0.5) is 22.9 Å². The van der Waals surface area contributed by atoms with E-state index >= 15 is 0 Å². The number of hydrogen-bond donors (Lipinski definition) is 2. The van der Waals surface area contributed by atoms with Gasteiger partial charge in [0.25, 0.3) is 0 Å². The van der Waals surface area contributed by atoms with Crippen molar-refractivity contribution in [2.24, 2.45) is 10.2 Å². The molecule has 0 saturated carbocycles. The summed E-state index contributed by atoms with van der Waals surface area (Å²) >= 11 is 0. The van der Waals surface area contributed by atoms with Crippen molar-refractivity contribution in [1.82, 2.24) is 4.98 Å². The number of benzene rings is 1. The van der Waals surface area contributed by atoms with Crippen molar-refractivity contribution < 1.29 is 0 Å². The van der Waals surface area contributed by atoms with Crippen LogP contribution < -0.4 is 11.5 Å². The van der Waals surface area contributed by atoms with E-state index in [0.717, 1.165) is 0 Å². The smallest absolute Gasteiger partial charge is 0.174 e. The SMILES string of the molecule is Nc1cccc(N=Nc2ccccn2)c1N. The molecule has 0 bridgehead atoms. The van der Waals surface area contributed by atoms with E-state index in [1.165, 1.54) is 0 Å². The van der Waals surface area contributed by atoms with E-state index in [2.05, 4.69) is 15.2 Å². The predicted molar refractivity (Wildman–Crippen MR) is 63.7 cm³/mol. The van der Waals surface area contributed by atoms with Crippen LogP contribution in [-0.4, -0.2) is 4.98 Å². The lowest BCUT2D eigenvalue weighted by molar-refractivity contribution is 1.16. The zero-order chi connectivity index (χ0) is 11.4. The first-order chi connectivity index (χ1) is 7.77. The molecule has 1 heterocycles. The number of nitrogens with two attached hydrogens (primary N) is 2. The van der Waals surface area contributed by atoms with Crippen LogP contribution in [0.2, 0.25) is 0 Å². The molecule has 5 nitrogen and oxygen atoms in total. The fraction of sp³-hybridized carbons (Fsp3) is 0. The number of pyridine rings is 1. The van der Waals surface area contributed by atoms with E-state index in [0.29, 0.717) is 22.9 Å². The molecule has 1 aromatic carbocycles. The summed E-state index contributed by atoms with van der Waals surface area (Å²) in [5.41, 5.74) is 12.9. The second-order valence-corrected chi connectivity index (χ2v) is 3.17. The fourth-order valence-corrected chi connectivity index (χ4v) is 1.18. The van der Waals surface area contributed by atoms with Gasteiger partial charge in [-0.1, -0.05) is 12.1 Å². The Morgan fingerprint density at radius 3 is 2.56 bits per heavy atom. The van der Waals surface area contributed by atoms with Gasteiger partial charge >= 0.3 is 0 Å². The summed E-state index contributed by atoms with van der Waals surface area (Å²) in [5.74, 6) is 0.532. The number of nitrogens with zero attached hydrogens (tertiary/aromatic N) is 3. The minimum atomic E-state index is 0.433. The largest absolute Gasteiger partial charge is 0.397 e. The number of hydrogen-bond acceptors (Lipinski definition) is 5. The fourth-order valence-electron chi connectivity index (χ4n) is 1.18. The number of anilines is 2. The first-order valence-corrected chi connectivity index (χ1v) is 4.74. The molecule has 0 amide bonds. The Labute approximate surface area is 92.8 Å². The molecule has 0 atom stereocenters. The van der Waals surface area contributed by atoms with Crippen LogP contribution in [0.5, 0.6) is 0 Å². The standard InChI is InChI=1S/C11H11N5/c12-8-4-3-5-9(11(8)13)15-16-10-6-1-2-7-14-10/h1-7H,12-13H2. The molecule has 0 aliphatic carbocycles. The van der Waals surface area contributed by atoms with Gasteiger partial charge in [-0.2, -0.15) is 0 Å². The number of aromatic nitrogens is 1. The Hall–Kier alpha value is -2.43. The van der Waals surface area contributed by atoms with Crippen LogP contribution in [-0.2, 0) is 0 Å². The van der Waals surface area contributed by atoms with Crippen LogP contribution >= 0.6 is 0 Å². The van der Waals surface area contributed by atoms with Gasteiger partial charge in [0, 0.05) is 6.20 Å². The highest BCUT2D eigenvalue weighted by atomic mass is 15.1. The van der Waals surface area contributed by atoms with Crippen molar-refractivity contribution in [2.45, 2.75) is 0 Å². The summed E-state index contributed by atoms with van der Waals surface area (Å²) in [6.07, 6.45) is 1.65. The first kappa shape index (κ1) is 10.1. The molecule has 0 aliphatic heterocycles. The molecule has 2 aromatic rings. The highest BCUT2D eigenvalue weighted by Gasteiger charge is 2.00. The minimum absolute atomic E-state index is 0.433. The van der Waals surface area contributed by atoms with Crippen molar-refractivity contribution in [3.63, 3.8) is 0 Å². The van der Waals surface area contributed by atoms with Gasteiger partial charge in [-0.3, -0.25) is 0 Å². The van der Waals surface area contributed by atoms with Gasteiger partial charge in [-0.25, -0.2) is 4.98 Å². The van der Waals surface area contributed by atoms with Crippen LogP contribution in [0.3, 0.4) is 0 Å². The third-order valence-corrected chi connectivity index (χ3v) is 2.03. The molecule has 0 saturated heterocycles. The summed E-state index contributed by atoms with van der Waals surface area (Å²) in [5, 5.41) is 7.95. The molecule has 80 valence electrons. The van der Waals surface area contributed by atoms with Crippen LogP contribution in [0.15, 0.2) is 52.8 Å². The maximum atomic E-state index is 5.75. The molecule has 1 aromatic heterocycles. The quantitative estimate of drug-likeness (QED) is 0.593. The summed E-state index contributed by atoms with van der Waals surface area (Å²) in [6.45, 7) is 0. The van der Waals surface area contributed by atoms with Crippen molar-refractivity contribution in [1.29, 1.82) is 0 Å². The van der Waals surface area contributed by atoms with Gasteiger partial charge in [0.2, 0.25) is 0 Å². The monoisotopic (exact) mass is 213 g/mol. The average Bonchev–Trinajstić information content (AvgIpc) is 2.32. The molecule has 0 radical (unpaired) electrons. The molecule has 0 unspecified atom stereocenters. The summed E-state index contributed by atoms with van der Waals surface area (Å²) in [4.78, 5) is 4.01. The highest BCUT2D eigenvalue weighted by Crippen LogP contribution is 2.28. The maximum absolute atomic E-state index is 5.75. The molecule has 4 N–H and O–H groups in total. The molecule has 16 heavy (non-hydrogen) atoms. The topological polar surface area (TPSA) is 89.6 Å². The van der Waals surface area contributed by atoms with E-state index in [-0.39, 0.29) is 0 Å². The van der Waals surface area contributed by atoms with Gasteiger partial charge in [-0.05, 0) is 24.3 Å². The van der Waals surface area contributed by atoms with E-state index in [9.17, 15) is 0 Å². The lowest BCUT2D eigenvalue weighted by atomic mass is 10.2. The van der Waals surface area contributed by atoms with E-state index in [1.54, 1.807) is 30.5 Å². The molecule has 2 rings (SSSR count). The molecule has 5 heteroatoms. The third kappa shape index (κ3) is 2.14. The average molecular weight is 213 g/mol. The van der Waals surface area contributed by atoms with Crippen LogP contribution in [0.25, 0.3) is 0 Å². The second-order valence-electron chi connectivity index (χ2n) is 3.17. The molecular weight excluding hydrogens is 202 g/mol. The van der Waals surface area contributed by atoms with E-state index < -0.39 is 0 Å². The van der Waals surface area contributed by atoms with Crippen LogP contribution in [0, 0.1) is 0 Å². The minimum Gasteiger partial charge on any atom is -0.397 e. The van der Waals surface area contributed by atoms with Gasteiger partial charge < -0.3 is 11.5 Å². The molecule has 0 fully saturated rings. The second kappa shape index (κ2) is 4.39. The summed E-state index contributed by atoms with van der Waals surface area (Å²) in [7, 11) is 0. The van der Waals surface area contributed by atoms with Gasteiger partial charge in [0.15, 0.2) is 5.82 Å². The number of azo groups is 1. The van der Waals surface area contributed by atoms with Crippen molar-refractivity contribution in [3.8, 4) is 0 Å². The van der Waals surface area contributed by atoms with Gasteiger partial charge in [-0.15, -0.1) is 10.2 Å². The third-order valence-electron chi connectivity index (χ3n) is 2.03. The van der Waals surface area contributed by atoms with Gasteiger partial charge in [0.05, 0.1) is 11.4 Å². The lowest BCUT2D eigenvalue weighted by Crippen LogP contribution is -1.93. The maximum Gasteiger partial charge on any atom is 0.174 e. The lowest BCUT2D eigenvalue weighted by Gasteiger charge is -2.01. The zero-order valence-electron chi connectivity index (χ0n) is 8.54. The highest BCUT2D eigenvalue weighted by molar-refractivity contribution is 5.76. The van der Waals surface area contributed by atoms with Crippen molar-refractivity contribution in [3.05, 3.63) is 42.6 Å². The molecule has 0 spiro atoms. The van der Waals surface area contributed by atoms with E-state index in [4.69, 9.17) is 11.5 Å². The molecular formula is C11H11N5. The first-order valence-electron chi connectivity index (χ1n) is 4.74. The van der Waals surface area contributed by atoms with E-state index in [1.807, 2.05) is 12.1 Å². The number of nitrogen functional groups attached to an aromatic ring is 2. The zero-order valence-corrected chi connectivity index (χ0v) is 8.54.